The lowest BCUT2D eigenvalue weighted by Gasteiger charge is -2.40. The number of carbonyl (C=O) groups excluding carboxylic acids is 2. The molecule has 1 saturated heterocycles. The van der Waals surface area contributed by atoms with Gasteiger partial charge in [0.25, 0.3) is 0 Å². The van der Waals surface area contributed by atoms with Crippen LogP contribution in [0, 0.1) is 5.92 Å². The molecule has 2 aliphatic rings. The van der Waals surface area contributed by atoms with Crippen LogP contribution >= 0.6 is 0 Å². The fourth-order valence-electron chi connectivity index (χ4n) is 3.83. The Morgan fingerprint density at radius 2 is 1.96 bits per heavy atom. The Kier molecular flexibility index (Phi) is 7.04. The van der Waals surface area contributed by atoms with Crippen LogP contribution in [0.1, 0.15) is 66.2 Å². The van der Waals surface area contributed by atoms with Gasteiger partial charge in [-0.2, -0.15) is 0 Å². The molecule has 1 fully saturated rings. The summed E-state index contributed by atoms with van der Waals surface area (Å²) >= 11 is 0. The predicted molar refractivity (Wildman–Crippen MR) is 104 cm³/mol. The first-order chi connectivity index (χ1) is 12.6. The second-order valence-corrected chi connectivity index (χ2v) is 8.15. The molecule has 150 valence electrons. The van der Waals surface area contributed by atoms with E-state index in [0.717, 1.165) is 18.4 Å². The van der Waals surface area contributed by atoms with Crippen LogP contribution in [0.15, 0.2) is 35.5 Å². The molecule has 1 aliphatic heterocycles. The number of ether oxygens (including phenoxy) is 2. The van der Waals surface area contributed by atoms with Gasteiger partial charge in [-0.3, -0.25) is 4.79 Å². The van der Waals surface area contributed by atoms with E-state index in [1.165, 1.54) is 12.5 Å². The summed E-state index contributed by atoms with van der Waals surface area (Å²) in [5.41, 5.74) is 1.54. The molecule has 1 aliphatic carbocycles. The van der Waals surface area contributed by atoms with Crippen LogP contribution in [-0.4, -0.2) is 34.9 Å². The van der Waals surface area contributed by atoms with Gasteiger partial charge in [0.15, 0.2) is 0 Å². The van der Waals surface area contributed by atoms with Crippen molar-refractivity contribution >= 4 is 11.9 Å². The number of allylic oxidation sites excluding steroid dienone is 3. The lowest BCUT2D eigenvalue weighted by atomic mass is 9.78. The third kappa shape index (κ3) is 5.80. The Morgan fingerprint density at radius 3 is 2.63 bits per heavy atom. The molecule has 0 amide bonds. The van der Waals surface area contributed by atoms with Gasteiger partial charge >= 0.3 is 11.9 Å². The molecule has 5 nitrogen and oxygen atoms in total. The zero-order valence-corrected chi connectivity index (χ0v) is 16.9. The van der Waals surface area contributed by atoms with Gasteiger partial charge < -0.3 is 14.6 Å². The van der Waals surface area contributed by atoms with Crippen molar-refractivity contribution in [2.75, 3.05) is 0 Å². The number of carbonyl (C=O) groups is 2. The second kappa shape index (κ2) is 8.87. The average Bonchev–Trinajstić information content (AvgIpc) is 2.55. The second-order valence-electron chi connectivity index (χ2n) is 8.15. The fraction of sp³-hybridized carbons (Fsp3) is 0.636. The van der Waals surface area contributed by atoms with E-state index in [4.69, 9.17) is 9.47 Å². The van der Waals surface area contributed by atoms with Crippen molar-refractivity contribution < 1.29 is 24.2 Å². The maximum Gasteiger partial charge on any atom is 0.334 e. The van der Waals surface area contributed by atoms with Crippen LogP contribution in [0.2, 0.25) is 0 Å². The molecule has 1 N–H and O–H groups in total. The fourth-order valence-corrected chi connectivity index (χ4v) is 3.83. The van der Waals surface area contributed by atoms with Crippen molar-refractivity contribution in [3.8, 4) is 0 Å². The lowest BCUT2D eigenvalue weighted by molar-refractivity contribution is -0.174. The maximum atomic E-state index is 12.4. The molecule has 0 saturated carbocycles. The zero-order chi connectivity index (χ0) is 20.2. The summed E-state index contributed by atoms with van der Waals surface area (Å²) in [6.07, 6.45) is 7.17. The largest absolute Gasteiger partial charge is 0.462 e. The summed E-state index contributed by atoms with van der Waals surface area (Å²) in [5.74, 6) is -1.27. The Labute approximate surface area is 162 Å². The molecule has 3 unspecified atom stereocenters. The van der Waals surface area contributed by atoms with Crippen molar-refractivity contribution in [3.63, 3.8) is 0 Å². The first-order valence-electron chi connectivity index (χ1n) is 9.70. The van der Waals surface area contributed by atoms with Gasteiger partial charge in [0, 0.05) is 24.8 Å². The Bertz CT molecular complexity index is 656. The summed E-state index contributed by atoms with van der Waals surface area (Å²) in [5, 5.41) is 11.0. The van der Waals surface area contributed by atoms with E-state index in [2.05, 4.69) is 25.7 Å². The third-order valence-corrected chi connectivity index (χ3v) is 5.58. The predicted octanol–water partition coefficient (Wildman–Crippen LogP) is 4.01. The molecule has 0 aromatic rings. The van der Waals surface area contributed by atoms with Crippen LogP contribution in [0.25, 0.3) is 0 Å². The van der Waals surface area contributed by atoms with E-state index in [1.807, 2.05) is 6.92 Å². The van der Waals surface area contributed by atoms with Gasteiger partial charge in [-0.25, -0.2) is 4.79 Å². The number of hydrogen-bond acceptors (Lipinski definition) is 5. The van der Waals surface area contributed by atoms with E-state index in [0.29, 0.717) is 31.3 Å². The minimum absolute atomic E-state index is 0.309. The number of aliphatic hydroxyl groups is 1. The molecule has 0 aromatic carbocycles. The minimum atomic E-state index is -1.15. The quantitative estimate of drug-likeness (QED) is 0.425. The van der Waals surface area contributed by atoms with Crippen LogP contribution < -0.4 is 0 Å². The van der Waals surface area contributed by atoms with Gasteiger partial charge in [0.05, 0.1) is 5.60 Å². The van der Waals surface area contributed by atoms with Crippen LogP contribution in [0.5, 0.6) is 0 Å². The normalized spacial score (nSPS) is 37.1. The molecule has 0 radical (unpaired) electrons. The molecular weight excluding hydrogens is 344 g/mol. The van der Waals surface area contributed by atoms with E-state index >= 15 is 0 Å². The molecule has 2 bridgehead atoms. The molecule has 27 heavy (non-hydrogen) atoms. The molecule has 5 heteroatoms. The van der Waals surface area contributed by atoms with Gasteiger partial charge in [0.2, 0.25) is 0 Å². The van der Waals surface area contributed by atoms with Crippen molar-refractivity contribution in [1.82, 2.24) is 0 Å². The van der Waals surface area contributed by atoms with Crippen molar-refractivity contribution in [2.24, 2.45) is 5.92 Å². The Balaban J connectivity index is 2.38. The minimum Gasteiger partial charge on any atom is -0.462 e. The van der Waals surface area contributed by atoms with E-state index in [9.17, 15) is 14.7 Å². The first-order valence-corrected chi connectivity index (χ1v) is 9.70. The molecule has 0 aromatic heterocycles. The molecular formula is C22H32O5. The number of esters is 2. The first kappa shape index (κ1) is 21.4. The maximum absolute atomic E-state index is 12.4. The molecule has 0 spiro atoms. The smallest absolute Gasteiger partial charge is 0.334 e. The van der Waals surface area contributed by atoms with E-state index < -0.39 is 23.8 Å². The molecule has 1 heterocycles. The topological polar surface area (TPSA) is 72.8 Å². The van der Waals surface area contributed by atoms with E-state index in [1.54, 1.807) is 6.92 Å². The SMILES string of the molecule is C=C1C(=O)OC2CC1C(OC(C)=O)C/C(C)=C\CC/C(C)=C\CC[C@@]2(C)O. The lowest BCUT2D eigenvalue weighted by Crippen LogP contribution is -2.49. The number of fused-ring (bicyclic) bond motifs is 2. The van der Waals surface area contributed by atoms with Gasteiger partial charge in [-0.05, 0) is 52.9 Å². The third-order valence-electron chi connectivity index (χ3n) is 5.58. The van der Waals surface area contributed by atoms with E-state index in [-0.39, 0.29) is 11.9 Å². The summed E-state index contributed by atoms with van der Waals surface area (Å²) in [6.45, 7) is 11.1. The van der Waals surface area contributed by atoms with Crippen LogP contribution in [0.3, 0.4) is 0 Å². The van der Waals surface area contributed by atoms with Gasteiger partial charge in [-0.1, -0.05) is 29.9 Å². The molecule has 2 rings (SSSR count). The van der Waals surface area contributed by atoms with Gasteiger partial charge in [0.1, 0.15) is 12.2 Å². The highest BCUT2D eigenvalue weighted by Crippen LogP contribution is 2.37. The standard InChI is InChI=1S/C22H32O5/c1-14-8-6-9-15(2)12-19(26-17(4)23)18-13-20(27-21(24)16(18)3)22(5,25)11-7-10-14/h9-10,18-20,25H,3,6-8,11-13H2,1-2,4-5H3/b14-10-,15-9-/t18?,19?,20?,22-/m1/s1. The van der Waals surface area contributed by atoms with Gasteiger partial charge in [-0.15, -0.1) is 0 Å². The monoisotopic (exact) mass is 376 g/mol. The van der Waals surface area contributed by atoms with Crippen molar-refractivity contribution in [2.45, 2.75) is 84.0 Å². The summed E-state index contributed by atoms with van der Waals surface area (Å²) < 4.78 is 11.1. The highest BCUT2D eigenvalue weighted by Gasteiger charge is 2.45. The highest BCUT2D eigenvalue weighted by atomic mass is 16.6. The summed E-state index contributed by atoms with van der Waals surface area (Å²) in [4.78, 5) is 24.1. The number of hydrogen-bond donors (Lipinski definition) is 1. The van der Waals surface area contributed by atoms with Crippen molar-refractivity contribution in [3.05, 3.63) is 35.5 Å². The number of rotatable bonds is 1. The summed E-state index contributed by atoms with van der Waals surface area (Å²) in [7, 11) is 0. The average molecular weight is 376 g/mol. The Hall–Kier alpha value is -1.88. The van der Waals surface area contributed by atoms with Crippen LogP contribution in [0.4, 0.5) is 0 Å². The Morgan fingerprint density at radius 1 is 1.30 bits per heavy atom. The van der Waals surface area contributed by atoms with Crippen molar-refractivity contribution in [1.29, 1.82) is 0 Å². The zero-order valence-electron chi connectivity index (χ0n) is 16.9. The summed E-state index contributed by atoms with van der Waals surface area (Å²) in [6, 6.07) is 0. The highest BCUT2D eigenvalue weighted by molar-refractivity contribution is 5.89. The molecule has 4 atom stereocenters. The van der Waals surface area contributed by atoms with Crippen LogP contribution in [-0.2, 0) is 19.1 Å².